The lowest BCUT2D eigenvalue weighted by atomic mass is 10.2. The Kier molecular flexibility index (Phi) is 16.6. The van der Waals surface area contributed by atoms with Crippen molar-refractivity contribution in [3.8, 4) is 0 Å². The van der Waals surface area contributed by atoms with E-state index < -0.39 is 30.2 Å². The number of aliphatic imine (C=N–C) groups is 1. The number of nitrogens with one attached hydrogen (secondary N) is 2. The van der Waals surface area contributed by atoms with Gasteiger partial charge in [-0.1, -0.05) is 13.8 Å². The van der Waals surface area contributed by atoms with Crippen LogP contribution in [0.25, 0.3) is 0 Å². The van der Waals surface area contributed by atoms with Crippen LogP contribution in [0.1, 0.15) is 58.4 Å². The summed E-state index contributed by atoms with van der Waals surface area (Å²) >= 11 is 0. The lowest BCUT2D eigenvalue weighted by molar-refractivity contribution is -0.141. The SMILES string of the molecule is CC.CC(N)=O.CC(O)C(NC(=O)NCc1nnc([C@@H](N)CCCN=C(N)N)o1)C(=O)O. The third-order valence-electron chi connectivity index (χ3n) is 3.20. The maximum absolute atomic E-state index is 11.7. The number of hydrogen-bond acceptors (Lipinski definition) is 9. The van der Waals surface area contributed by atoms with Gasteiger partial charge in [-0.2, -0.15) is 0 Å². The van der Waals surface area contributed by atoms with Crippen LogP contribution in [0, 0.1) is 0 Å². The standard InChI is InChI=1S/C13H24N8O5.C2H5NO.C2H6/c1-6(22)9(11(23)24)19-13(25)18-5-8-20-21-10(26-8)7(14)3-2-4-17-12(15)16;1-2(3)4;1-2/h6-7,9,22H,2-5,14H2,1H3,(H,23,24)(H4,15,16,17)(H2,18,19,25);1H3,(H2,3,4);1-2H3/t6?,7-,9?;;/m0../s1. The Hall–Kier alpha value is -3.46. The number of aromatic nitrogens is 2. The number of carbonyl (C=O) groups is 3. The molecule has 15 heteroatoms. The molecule has 15 nitrogen and oxygen atoms in total. The van der Waals surface area contributed by atoms with Crippen LogP contribution in [0.3, 0.4) is 0 Å². The average molecular weight is 462 g/mol. The van der Waals surface area contributed by atoms with Crippen molar-refractivity contribution >= 4 is 23.9 Å². The molecule has 12 N–H and O–H groups in total. The Morgan fingerprint density at radius 1 is 1.19 bits per heavy atom. The number of carboxylic acid groups (broad SMARTS) is 1. The molecular formula is C17H35N9O6. The topological polar surface area (TPSA) is 271 Å². The summed E-state index contributed by atoms with van der Waals surface area (Å²) in [4.78, 5) is 35.6. The molecule has 0 radical (unpaired) electrons. The number of nitrogens with two attached hydrogens (primary N) is 4. The second-order valence-corrected chi connectivity index (χ2v) is 6.08. The first-order valence-corrected chi connectivity index (χ1v) is 9.78. The van der Waals surface area contributed by atoms with E-state index in [0.717, 1.165) is 0 Å². The number of carbonyl (C=O) groups excluding carboxylic acids is 2. The molecule has 1 aromatic heterocycles. The first-order chi connectivity index (χ1) is 14.9. The average Bonchev–Trinajstić information content (AvgIpc) is 3.17. The smallest absolute Gasteiger partial charge is 0.328 e. The highest BCUT2D eigenvalue weighted by atomic mass is 16.4. The fourth-order valence-corrected chi connectivity index (χ4v) is 1.87. The van der Waals surface area contributed by atoms with Crippen molar-refractivity contribution in [3.63, 3.8) is 0 Å². The molecule has 1 aromatic rings. The van der Waals surface area contributed by atoms with E-state index in [-0.39, 0.29) is 30.2 Å². The molecule has 1 heterocycles. The van der Waals surface area contributed by atoms with Crippen LogP contribution in [-0.4, -0.2) is 63.0 Å². The van der Waals surface area contributed by atoms with Crippen LogP contribution in [0.2, 0.25) is 0 Å². The largest absolute Gasteiger partial charge is 0.480 e. The maximum atomic E-state index is 11.7. The van der Waals surface area contributed by atoms with E-state index in [2.05, 4.69) is 31.6 Å². The second kappa shape index (κ2) is 17.2. The normalized spacial score (nSPS) is 12.4. The van der Waals surface area contributed by atoms with E-state index in [0.29, 0.717) is 19.4 Å². The number of aliphatic carboxylic acids is 1. The van der Waals surface area contributed by atoms with E-state index in [9.17, 15) is 19.5 Å². The Balaban J connectivity index is 0. The molecule has 0 spiro atoms. The van der Waals surface area contributed by atoms with Gasteiger partial charge in [0.15, 0.2) is 12.0 Å². The van der Waals surface area contributed by atoms with Crippen LogP contribution in [0.15, 0.2) is 9.41 Å². The zero-order valence-electron chi connectivity index (χ0n) is 18.7. The van der Waals surface area contributed by atoms with Gasteiger partial charge in [0.2, 0.25) is 17.7 Å². The van der Waals surface area contributed by atoms with Crippen molar-refractivity contribution in [1.29, 1.82) is 0 Å². The van der Waals surface area contributed by atoms with Crippen molar-refractivity contribution in [2.45, 2.75) is 65.3 Å². The van der Waals surface area contributed by atoms with Gasteiger partial charge in [-0.3, -0.25) is 9.79 Å². The Bertz CT molecular complexity index is 715. The number of guanidine groups is 1. The highest BCUT2D eigenvalue weighted by Crippen LogP contribution is 2.14. The molecule has 0 aliphatic carbocycles. The minimum absolute atomic E-state index is 0.00345. The van der Waals surface area contributed by atoms with Crippen LogP contribution in [0.4, 0.5) is 4.79 Å². The highest BCUT2D eigenvalue weighted by Gasteiger charge is 2.25. The minimum Gasteiger partial charge on any atom is -0.480 e. The molecule has 0 saturated heterocycles. The molecule has 0 aliphatic heterocycles. The van der Waals surface area contributed by atoms with E-state index >= 15 is 0 Å². The van der Waals surface area contributed by atoms with Gasteiger partial charge in [-0.05, 0) is 19.8 Å². The van der Waals surface area contributed by atoms with Crippen LogP contribution < -0.4 is 33.6 Å². The van der Waals surface area contributed by atoms with Gasteiger partial charge < -0.3 is 48.2 Å². The van der Waals surface area contributed by atoms with E-state index in [1.54, 1.807) is 0 Å². The number of hydrogen-bond donors (Lipinski definition) is 8. The molecular weight excluding hydrogens is 426 g/mol. The Morgan fingerprint density at radius 2 is 1.75 bits per heavy atom. The van der Waals surface area contributed by atoms with E-state index in [4.69, 9.17) is 26.7 Å². The molecule has 0 saturated carbocycles. The number of amides is 3. The van der Waals surface area contributed by atoms with Gasteiger partial charge in [0.25, 0.3) is 0 Å². The number of aliphatic hydroxyl groups is 1. The summed E-state index contributed by atoms with van der Waals surface area (Å²) < 4.78 is 5.33. The Labute approximate surface area is 186 Å². The molecule has 1 rings (SSSR count). The number of rotatable bonds is 10. The van der Waals surface area contributed by atoms with Crippen molar-refractivity contribution in [2.75, 3.05) is 6.54 Å². The quantitative estimate of drug-likeness (QED) is 0.110. The van der Waals surface area contributed by atoms with Crippen LogP contribution in [0.5, 0.6) is 0 Å². The first kappa shape index (κ1) is 30.7. The summed E-state index contributed by atoms with van der Waals surface area (Å²) in [5.74, 6) is -1.40. The monoisotopic (exact) mass is 461 g/mol. The summed E-state index contributed by atoms with van der Waals surface area (Å²) in [5.41, 5.74) is 20.8. The summed E-state index contributed by atoms with van der Waals surface area (Å²) in [6.07, 6.45) is -0.126. The maximum Gasteiger partial charge on any atom is 0.328 e. The number of primary amides is 1. The number of urea groups is 1. The first-order valence-electron chi connectivity index (χ1n) is 9.78. The molecule has 3 amide bonds. The molecule has 0 aliphatic rings. The van der Waals surface area contributed by atoms with Gasteiger partial charge in [0, 0.05) is 13.5 Å². The zero-order valence-corrected chi connectivity index (χ0v) is 18.7. The molecule has 0 fully saturated rings. The number of carboxylic acids is 1. The van der Waals surface area contributed by atoms with Gasteiger partial charge in [-0.15, -0.1) is 10.2 Å². The lowest BCUT2D eigenvalue weighted by Crippen LogP contribution is -2.51. The van der Waals surface area contributed by atoms with Crippen LogP contribution in [-0.2, 0) is 16.1 Å². The fourth-order valence-electron chi connectivity index (χ4n) is 1.87. The fraction of sp³-hybridized carbons (Fsp3) is 0.647. The molecule has 32 heavy (non-hydrogen) atoms. The molecule has 2 unspecified atom stereocenters. The number of nitrogens with zero attached hydrogens (tertiary/aromatic N) is 3. The van der Waals surface area contributed by atoms with Crippen molar-refractivity contribution in [1.82, 2.24) is 20.8 Å². The lowest BCUT2D eigenvalue weighted by Gasteiger charge is -2.16. The number of aliphatic hydroxyl groups excluding tert-OH is 1. The van der Waals surface area contributed by atoms with Gasteiger partial charge >= 0.3 is 12.0 Å². The predicted molar refractivity (Wildman–Crippen MR) is 116 cm³/mol. The van der Waals surface area contributed by atoms with Crippen molar-refractivity contribution in [3.05, 3.63) is 11.8 Å². The minimum atomic E-state index is -1.44. The summed E-state index contributed by atoms with van der Waals surface area (Å²) in [5, 5.41) is 30.2. The molecule has 0 bridgehead atoms. The molecule has 3 atom stereocenters. The van der Waals surface area contributed by atoms with Gasteiger partial charge in [0.1, 0.15) is 0 Å². The van der Waals surface area contributed by atoms with Crippen LogP contribution >= 0.6 is 0 Å². The third kappa shape index (κ3) is 15.4. The van der Waals surface area contributed by atoms with Crippen molar-refractivity contribution in [2.24, 2.45) is 27.9 Å². The van der Waals surface area contributed by atoms with Gasteiger partial charge in [-0.25, -0.2) is 9.59 Å². The van der Waals surface area contributed by atoms with E-state index in [1.165, 1.54) is 13.8 Å². The zero-order chi connectivity index (χ0) is 25.3. The molecule has 0 aromatic carbocycles. The summed E-state index contributed by atoms with van der Waals surface area (Å²) in [7, 11) is 0. The highest BCUT2D eigenvalue weighted by molar-refractivity contribution is 5.82. The summed E-state index contributed by atoms with van der Waals surface area (Å²) in [6.45, 7) is 6.84. The Morgan fingerprint density at radius 3 is 2.22 bits per heavy atom. The van der Waals surface area contributed by atoms with E-state index in [1.807, 2.05) is 13.8 Å². The third-order valence-corrected chi connectivity index (χ3v) is 3.20. The molecule has 184 valence electrons. The predicted octanol–water partition coefficient (Wildman–Crippen LogP) is -1.73. The van der Waals surface area contributed by atoms with Crippen molar-refractivity contribution < 1.29 is 29.0 Å². The second-order valence-electron chi connectivity index (χ2n) is 6.08. The van der Waals surface area contributed by atoms with Gasteiger partial charge in [0.05, 0.1) is 18.7 Å². The summed E-state index contributed by atoms with van der Waals surface area (Å²) in [6, 6.07) is -2.75.